The third-order valence-corrected chi connectivity index (χ3v) is 5.34. The summed E-state index contributed by atoms with van der Waals surface area (Å²) in [7, 11) is 0. The number of nitrogens with two attached hydrogens (primary N) is 1. The first-order valence-electron chi connectivity index (χ1n) is 8.09. The van der Waals surface area contributed by atoms with Gasteiger partial charge in [-0.15, -0.1) is 11.3 Å². The molecule has 3 nitrogen and oxygen atoms in total. The van der Waals surface area contributed by atoms with E-state index in [9.17, 15) is 5.11 Å². The zero-order valence-electron chi connectivity index (χ0n) is 13.2. The Morgan fingerprint density at radius 2 is 1.75 bits per heavy atom. The molecule has 1 aliphatic rings. The molecule has 0 aliphatic carbocycles. The molecule has 0 saturated heterocycles. The number of phenolic OH excluding ortho intramolecular Hbond substituents is 1. The van der Waals surface area contributed by atoms with E-state index in [-0.39, 0.29) is 12.2 Å². The Kier molecular flexibility index (Phi) is 4.15. The number of benzene rings is 2. The molecule has 4 rings (SSSR count). The topological polar surface area (TPSA) is 49.2 Å². The quantitative estimate of drug-likeness (QED) is 0.754. The van der Waals surface area contributed by atoms with Crippen molar-refractivity contribution in [2.24, 2.45) is 4.99 Å². The molecule has 2 aromatic carbocycles. The van der Waals surface area contributed by atoms with Crippen molar-refractivity contribution in [3.8, 4) is 5.75 Å². The summed E-state index contributed by atoms with van der Waals surface area (Å²) in [6, 6.07) is 22.3. The molecule has 3 aromatic rings. The summed E-state index contributed by atoms with van der Waals surface area (Å²) in [6.07, 6.45) is 0.849. The molecular weight excluding hydrogens is 316 g/mol. The summed E-state index contributed by atoms with van der Waals surface area (Å²) < 4.78 is 0. The van der Waals surface area contributed by atoms with Gasteiger partial charge in [-0.25, -0.2) is 4.99 Å². The summed E-state index contributed by atoms with van der Waals surface area (Å²) in [5.74, 6) is 0.359. The second-order valence-corrected chi connectivity index (χ2v) is 6.94. The van der Waals surface area contributed by atoms with E-state index in [1.807, 2.05) is 36.4 Å². The second kappa shape index (κ2) is 6.59. The zero-order chi connectivity index (χ0) is 16.4. The first-order valence-corrected chi connectivity index (χ1v) is 8.97. The van der Waals surface area contributed by atoms with Gasteiger partial charge in [0.1, 0.15) is 11.8 Å². The van der Waals surface area contributed by atoms with Crippen molar-refractivity contribution >= 4 is 17.0 Å². The van der Waals surface area contributed by atoms with Gasteiger partial charge in [0, 0.05) is 6.42 Å². The summed E-state index contributed by atoms with van der Waals surface area (Å²) >= 11 is 1.73. The number of para-hydroxylation sites is 1. The van der Waals surface area contributed by atoms with Gasteiger partial charge in [0.05, 0.1) is 16.2 Å². The molecule has 4 heteroatoms. The molecule has 1 aromatic heterocycles. The number of quaternary nitrogens is 1. The van der Waals surface area contributed by atoms with E-state index in [0.29, 0.717) is 5.75 Å². The maximum Gasteiger partial charge on any atom is 0.215 e. The van der Waals surface area contributed by atoms with Crippen LogP contribution in [0.2, 0.25) is 0 Å². The highest BCUT2D eigenvalue weighted by molar-refractivity contribution is 7.10. The average Bonchev–Trinajstić information content (AvgIpc) is 3.17. The maximum atomic E-state index is 10.3. The molecule has 0 unspecified atom stereocenters. The highest BCUT2D eigenvalue weighted by Gasteiger charge is 2.31. The van der Waals surface area contributed by atoms with Crippen LogP contribution in [0.4, 0.5) is 0 Å². The van der Waals surface area contributed by atoms with E-state index >= 15 is 0 Å². The number of nitrogens with zero attached hydrogens (tertiary/aromatic N) is 1. The fourth-order valence-corrected chi connectivity index (χ4v) is 3.96. The number of hydrogen-bond acceptors (Lipinski definition) is 3. The van der Waals surface area contributed by atoms with Gasteiger partial charge in [-0.2, -0.15) is 0 Å². The van der Waals surface area contributed by atoms with Crippen LogP contribution in [0.5, 0.6) is 5.75 Å². The van der Waals surface area contributed by atoms with Gasteiger partial charge in [-0.05, 0) is 29.1 Å². The van der Waals surface area contributed by atoms with Crippen LogP contribution >= 0.6 is 11.3 Å². The van der Waals surface area contributed by atoms with Crippen molar-refractivity contribution in [3.63, 3.8) is 0 Å². The van der Waals surface area contributed by atoms with Crippen LogP contribution in [0.3, 0.4) is 0 Å². The van der Waals surface area contributed by atoms with Crippen molar-refractivity contribution in [1.29, 1.82) is 0 Å². The Morgan fingerprint density at radius 1 is 0.958 bits per heavy atom. The van der Waals surface area contributed by atoms with E-state index in [1.165, 1.54) is 4.88 Å². The Labute approximate surface area is 145 Å². The van der Waals surface area contributed by atoms with Crippen LogP contribution in [0.25, 0.3) is 0 Å². The summed E-state index contributed by atoms with van der Waals surface area (Å²) in [6.45, 7) is 0. The minimum Gasteiger partial charge on any atom is -0.507 e. The van der Waals surface area contributed by atoms with Crippen molar-refractivity contribution in [1.82, 2.24) is 0 Å². The number of aliphatic imine (C=N–C) groups is 1. The number of hydrogen-bond donors (Lipinski definition) is 2. The van der Waals surface area contributed by atoms with Crippen LogP contribution in [-0.2, 0) is 0 Å². The first-order chi connectivity index (χ1) is 11.8. The summed E-state index contributed by atoms with van der Waals surface area (Å²) in [5, 5.41) is 14.6. The molecule has 0 saturated carbocycles. The number of phenols is 1. The Morgan fingerprint density at radius 3 is 2.50 bits per heavy atom. The highest BCUT2D eigenvalue weighted by atomic mass is 32.1. The van der Waals surface area contributed by atoms with Crippen LogP contribution in [0.15, 0.2) is 77.1 Å². The molecule has 0 bridgehead atoms. The van der Waals surface area contributed by atoms with Crippen molar-refractivity contribution in [3.05, 3.63) is 88.1 Å². The average molecular weight is 335 g/mol. The number of thiophene rings is 1. The Bertz CT molecular complexity index is 843. The van der Waals surface area contributed by atoms with E-state index in [1.54, 1.807) is 17.4 Å². The first kappa shape index (κ1) is 15.1. The van der Waals surface area contributed by atoms with Crippen LogP contribution in [0, 0.1) is 0 Å². The molecule has 0 fully saturated rings. The van der Waals surface area contributed by atoms with Gasteiger partial charge in [0.2, 0.25) is 6.17 Å². The van der Waals surface area contributed by atoms with Crippen molar-refractivity contribution < 1.29 is 10.4 Å². The molecule has 2 atom stereocenters. The minimum atomic E-state index is 0.0403. The van der Waals surface area contributed by atoms with Gasteiger partial charge in [-0.3, -0.25) is 0 Å². The number of rotatable bonds is 3. The lowest BCUT2D eigenvalue weighted by Gasteiger charge is -2.27. The molecule has 0 amide bonds. The fraction of sp³-hybridized carbons (Fsp3) is 0.150. The van der Waals surface area contributed by atoms with Crippen LogP contribution in [0.1, 0.15) is 34.6 Å². The summed E-state index contributed by atoms with van der Waals surface area (Å²) in [5.41, 5.74) is 3.24. The van der Waals surface area contributed by atoms with Crippen molar-refractivity contribution in [2.45, 2.75) is 18.6 Å². The third-order valence-electron chi connectivity index (χ3n) is 4.40. The molecule has 120 valence electrons. The SMILES string of the molecule is Oc1ccccc1[C@H]1CC(c2ccccc2)=N[C@H](c2cccs2)[NH2+]1. The summed E-state index contributed by atoms with van der Waals surface area (Å²) in [4.78, 5) is 6.23. The van der Waals surface area contributed by atoms with Crippen LogP contribution in [-0.4, -0.2) is 10.8 Å². The second-order valence-electron chi connectivity index (χ2n) is 5.96. The standard InChI is InChI=1S/C20H18N2OS/c23-18-10-5-4-9-15(18)17-13-16(14-7-2-1-3-8-14)21-20(22-17)19-11-6-12-24-19/h1-12,17,20,22-23H,13H2/p+1/t17-,20+/m1/s1. The van der Waals surface area contributed by atoms with Gasteiger partial charge in [0.25, 0.3) is 0 Å². The van der Waals surface area contributed by atoms with E-state index in [2.05, 4.69) is 35.0 Å². The molecule has 1 aliphatic heterocycles. The fourth-order valence-electron chi connectivity index (χ4n) is 3.22. The molecule has 2 heterocycles. The van der Waals surface area contributed by atoms with Gasteiger partial charge in [0.15, 0.2) is 0 Å². The molecule has 24 heavy (non-hydrogen) atoms. The predicted octanol–water partition coefficient (Wildman–Crippen LogP) is 3.65. The van der Waals surface area contributed by atoms with Gasteiger partial charge < -0.3 is 10.4 Å². The monoisotopic (exact) mass is 335 g/mol. The van der Waals surface area contributed by atoms with E-state index in [0.717, 1.165) is 23.3 Å². The van der Waals surface area contributed by atoms with E-state index < -0.39 is 0 Å². The molecule has 0 radical (unpaired) electrons. The smallest absolute Gasteiger partial charge is 0.215 e. The molecule has 3 N–H and O–H groups in total. The predicted molar refractivity (Wildman–Crippen MR) is 97.4 cm³/mol. The molecular formula is C20H19N2OS+. The van der Waals surface area contributed by atoms with Gasteiger partial charge in [-0.1, -0.05) is 48.5 Å². The van der Waals surface area contributed by atoms with Gasteiger partial charge >= 0.3 is 0 Å². The Balaban J connectivity index is 1.74. The van der Waals surface area contributed by atoms with E-state index in [4.69, 9.17) is 4.99 Å². The maximum absolute atomic E-state index is 10.3. The van der Waals surface area contributed by atoms with Crippen molar-refractivity contribution in [2.75, 3.05) is 0 Å². The number of aromatic hydroxyl groups is 1. The largest absolute Gasteiger partial charge is 0.507 e. The van der Waals surface area contributed by atoms with Crippen LogP contribution < -0.4 is 5.32 Å². The Hall–Kier alpha value is -2.43. The minimum absolute atomic E-state index is 0.0403. The lowest BCUT2D eigenvalue weighted by molar-refractivity contribution is -0.734. The highest BCUT2D eigenvalue weighted by Crippen LogP contribution is 2.30. The normalized spacial score (nSPS) is 20.6. The zero-order valence-corrected chi connectivity index (χ0v) is 14.0. The molecule has 0 spiro atoms. The lowest BCUT2D eigenvalue weighted by atomic mass is 9.94. The lowest BCUT2D eigenvalue weighted by Crippen LogP contribution is -2.87. The third kappa shape index (κ3) is 2.98.